The standard InChI is InChI=1S/C23H26Cl2N2O2/c1-23(2,3)13-22(28)27(14-17-6-4-5-7-20(17)25)15-19-12-21(26-29-19)16-8-10-18(24)11-9-16/h4-11,19H,12-15H2,1-3H3/t19-/m0/s1. The van der Waals surface area contributed by atoms with Crippen LogP contribution in [0.4, 0.5) is 0 Å². The predicted octanol–water partition coefficient (Wildman–Crippen LogP) is 5.95. The van der Waals surface area contributed by atoms with Gasteiger partial charge in [-0.05, 0) is 34.7 Å². The van der Waals surface area contributed by atoms with E-state index in [9.17, 15) is 4.79 Å². The summed E-state index contributed by atoms with van der Waals surface area (Å²) >= 11 is 12.3. The van der Waals surface area contributed by atoms with Gasteiger partial charge >= 0.3 is 0 Å². The van der Waals surface area contributed by atoms with Crippen LogP contribution >= 0.6 is 23.2 Å². The first-order valence-corrected chi connectivity index (χ1v) is 10.5. The Bertz CT molecular complexity index is 888. The van der Waals surface area contributed by atoms with Crippen LogP contribution in [0.1, 0.15) is 44.7 Å². The van der Waals surface area contributed by atoms with Crippen LogP contribution < -0.4 is 0 Å². The van der Waals surface area contributed by atoms with E-state index in [0.29, 0.717) is 36.0 Å². The molecule has 2 aromatic rings. The minimum absolute atomic E-state index is 0.0842. The molecule has 1 aliphatic heterocycles. The largest absolute Gasteiger partial charge is 0.390 e. The van der Waals surface area contributed by atoms with Crippen LogP contribution in [-0.4, -0.2) is 29.2 Å². The molecule has 0 aliphatic carbocycles. The summed E-state index contributed by atoms with van der Waals surface area (Å²) in [6.07, 6.45) is 0.908. The van der Waals surface area contributed by atoms with Gasteiger partial charge in [0.25, 0.3) is 0 Å². The van der Waals surface area contributed by atoms with Crippen molar-refractivity contribution in [3.8, 4) is 0 Å². The molecule has 0 fully saturated rings. The van der Waals surface area contributed by atoms with Crippen molar-refractivity contribution in [3.05, 3.63) is 69.7 Å². The molecule has 0 bridgehead atoms. The Morgan fingerprint density at radius 1 is 1.14 bits per heavy atom. The monoisotopic (exact) mass is 432 g/mol. The maximum atomic E-state index is 13.0. The summed E-state index contributed by atoms with van der Waals surface area (Å²) < 4.78 is 0. The molecule has 0 radical (unpaired) electrons. The van der Waals surface area contributed by atoms with Gasteiger partial charge in [0, 0.05) is 29.4 Å². The highest BCUT2D eigenvalue weighted by Crippen LogP contribution is 2.25. The first kappa shape index (κ1) is 21.7. The van der Waals surface area contributed by atoms with E-state index in [1.54, 1.807) is 0 Å². The van der Waals surface area contributed by atoms with Crippen molar-refractivity contribution in [1.29, 1.82) is 0 Å². The number of carbonyl (C=O) groups is 1. The molecule has 1 aliphatic rings. The predicted molar refractivity (Wildman–Crippen MR) is 118 cm³/mol. The maximum Gasteiger partial charge on any atom is 0.223 e. The Balaban J connectivity index is 1.71. The summed E-state index contributed by atoms with van der Waals surface area (Å²) in [6, 6.07) is 15.1. The third kappa shape index (κ3) is 6.22. The van der Waals surface area contributed by atoms with E-state index in [0.717, 1.165) is 16.8 Å². The smallest absolute Gasteiger partial charge is 0.223 e. The summed E-state index contributed by atoms with van der Waals surface area (Å²) in [5.74, 6) is 0.0842. The van der Waals surface area contributed by atoms with Gasteiger partial charge in [-0.1, -0.05) is 79.5 Å². The third-order valence-corrected chi connectivity index (χ3v) is 5.31. The lowest BCUT2D eigenvalue weighted by atomic mass is 9.91. The maximum absolute atomic E-state index is 13.0. The Morgan fingerprint density at radius 3 is 2.48 bits per heavy atom. The van der Waals surface area contributed by atoms with Gasteiger partial charge in [0.1, 0.15) is 0 Å². The number of benzene rings is 2. The second-order valence-corrected chi connectivity index (χ2v) is 9.42. The molecule has 29 heavy (non-hydrogen) atoms. The molecule has 0 spiro atoms. The average Bonchev–Trinajstić information content (AvgIpc) is 3.10. The molecule has 1 heterocycles. The Hall–Kier alpha value is -2.04. The number of nitrogens with zero attached hydrogens (tertiary/aromatic N) is 2. The highest BCUT2D eigenvalue weighted by atomic mass is 35.5. The minimum atomic E-state index is -0.188. The lowest BCUT2D eigenvalue weighted by Crippen LogP contribution is -2.38. The number of hydrogen-bond acceptors (Lipinski definition) is 3. The summed E-state index contributed by atoms with van der Waals surface area (Å²) in [6.45, 7) is 7.09. The normalized spacial score (nSPS) is 16.3. The first-order chi connectivity index (χ1) is 13.7. The molecule has 3 rings (SSSR count). The number of oxime groups is 1. The Kier molecular flexibility index (Phi) is 6.86. The number of halogens is 2. The second-order valence-electron chi connectivity index (χ2n) is 8.58. The van der Waals surface area contributed by atoms with Crippen molar-refractivity contribution in [3.63, 3.8) is 0 Å². The van der Waals surface area contributed by atoms with Gasteiger partial charge in [0.15, 0.2) is 6.10 Å². The Morgan fingerprint density at radius 2 is 1.83 bits per heavy atom. The van der Waals surface area contributed by atoms with Crippen molar-refractivity contribution >= 4 is 34.8 Å². The van der Waals surface area contributed by atoms with Crippen molar-refractivity contribution in [2.75, 3.05) is 6.54 Å². The molecule has 6 heteroatoms. The van der Waals surface area contributed by atoms with Crippen LogP contribution in [0.3, 0.4) is 0 Å². The van der Waals surface area contributed by atoms with E-state index >= 15 is 0 Å². The van der Waals surface area contributed by atoms with Gasteiger partial charge in [-0.25, -0.2) is 0 Å². The van der Waals surface area contributed by atoms with Crippen molar-refractivity contribution in [1.82, 2.24) is 4.90 Å². The highest BCUT2D eigenvalue weighted by molar-refractivity contribution is 6.31. The molecule has 4 nitrogen and oxygen atoms in total. The van der Waals surface area contributed by atoms with Crippen LogP contribution in [0.25, 0.3) is 0 Å². The quantitative estimate of drug-likeness (QED) is 0.565. The average molecular weight is 433 g/mol. The fourth-order valence-corrected chi connectivity index (χ4v) is 3.56. The molecule has 0 aromatic heterocycles. The lowest BCUT2D eigenvalue weighted by molar-refractivity contribution is -0.135. The zero-order chi connectivity index (χ0) is 21.0. The van der Waals surface area contributed by atoms with E-state index < -0.39 is 0 Å². The third-order valence-electron chi connectivity index (χ3n) is 4.69. The van der Waals surface area contributed by atoms with Gasteiger partial charge in [-0.2, -0.15) is 0 Å². The summed E-state index contributed by atoms with van der Waals surface area (Å²) in [7, 11) is 0. The van der Waals surface area contributed by atoms with Crippen molar-refractivity contribution < 1.29 is 9.63 Å². The molecule has 154 valence electrons. The van der Waals surface area contributed by atoms with Gasteiger partial charge < -0.3 is 9.74 Å². The van der Waals surface area contributed by atoms with Crippen molar-refractivity contribution in [2.45, 2.75) is 46.3 Å². The van der Waals surface area contributed by atoms with E-state index in [2.05, 4.69) is 25.9 Å². The molecule has 0 unspecified atom stereocenters. The summed E-state index contributed by atoms with van der Waals surface area (Å²) in [4.78, 5) is 20.5. The molecule has 0 saturated heterocycles. The molecular formula is C23H26Cl2N2O2. The van der Waals surface area contributed by atoms with Crippen LogP contribution in [0, 0.1) is 5.41 Å². The zero-order valence-electron chi connectivity index (χ0n) is 17.0. The second kappa shape index (κ2) is 9.19. The number of hydrogen-bond donors (Lipinski definition) is 0. The fraction of sp³-hybridized carbons (Fsp3) is 0.391. The fourth-order valence-electron chi connectivity index (χ4n) is 3.24. The van der Waals surface area contributed by atoms with Gasteiger partial charge in [-0.15, -0.1) is 0 Å². The summed E-state index contributed by atoms with van der Waals surface area (Å²) in [5, 5.41) is 5.58. The van der Waals surface area contributed by atoms with Gasteiger partial charge in [0.2, 0.25) is 5.91 Å². The number of carbonyl (C=O) groups excluding carboxylic acids is 1. The SMILES string of the molecule is CC(C)(C)CC(=O)N(Cc1ccccc1Cl)C[C@@H]1CC(c2ccc(Cl)cc2)=NO1. The molecule has 0 saturated carbocycles. The highest BCUT2D eigenvalue weighted by Gasteiger charge is 2.29. The van der Waals surface area contributed by atoms with Crippen LogP contribution in [0.2, 0.25) is 10.0 Å². The van der Waals surface area contributed by atoms with Gasteiger partial charge in [0.05, 0.1) is 12.3 Å². The van der Waals surface area contributed by atoms with E-state index in [-0.39, 0.29) is 17.4 Å². The molecule has 2 aromatic carbocycles. The number of amides is 1. The van der Waals surface area contributed by atoms with Crippen LogP contribution in [-0.2, 0) is 16.2 Å². The van der Waals surface area contributed by atoms with Crippen LogP contribution in [0.15, 0.2) is 53.7 Å². The lowest BCUT2D eigenvalue weighted by Gasteiger charge is -2.28. The van der Waals surface area contributed by atoms with E-state index in [1.165, 1.54) is 0 Å². The van der Waals surface area contributed by atoms with Crippen LogP contribution in [0.5, 0.6) is 0 Å². The molecule has 1 amide bonds. The molecular weight excluding hydrogens is 407 g/mol. The first-order valence-electron chi connectivity index (χ1n) is 9.71. The van der Waals surface area contributed by atoms with Crippen molar-refractivity contribution in [2.24, 2.45) is 10.6 Å². The molecule has 0 N–H and O–H groups in total. The molecule has 1 atom stereocenters. The minimum Gasteiger partial charge on any atom is -0.390 e. The zero-order valence-corrected chi connectivity index (χ0v) is 18.5. The van der Waals surface area contributed by atoms with E-state index in [1.807, 2.05) is 53.4 Å². The number of rotatable bonds is 6. The van der Waals surface area contributed by atoms with E-state index in [4.69, 9.17) is 28.0 Å². The summed E-state index contributed by atoms with van der Waals surface area (Å²) in [5.41, 5.74) is 2.67. The Labute approximate surface area is 182 Å². The van der Waals surface area contributed by atoms with Gasteiger partial charge in [-0.3, -0.25) is 4.79 Å². The topological polar surface area (TPSA) is 41.9 Å².